The Kier molecular flexibility index (Phi) is 7.79. The van der Waals surface area contributed by atoms with E-state index in [4.69, 9.17) is 29.0 Å². The quantitative estimate of drug-likeness (QED) is 0.333. The number of phosphoric ester groups is 1. The summed E-state index contributed by atoms with van der Waals surface area (Å²) in [5.74, 6) is -0.162. The van der Waals surface area contributed by atoms with Crippen LogP contribution in [0, 0.1) is 0 Å². The Morgan fingerprint density at radius 1 is 1.15 bits per heavy atom. The predicted molar refractivity (Wildman–Crippen MR) is 67.2 cm³/mol. The first-order chi connectivity index (χ1) is 8.92. The van der Waals surface area contributed by atoms with Gasteiger partial charge in [0.15, 0.2) is 0 Å². The van der Waals surface area contributed by atoms with Crippen molar-refractivity contribution >= 4 is 21.6 Å². The lowest BCUT2D eigenvalue weighted by molar-refractivity contribution is -0.127. The minimum Gasteiger partial charge on any atom is -0.339 e. The zero-order valence-corrected chi connectivity index (χ0v) is 12.2. The van der Waals surface area contributed by atoms with Crippen molar-refractivity contribution in [3.05, 3.63) is 12.7 Å². The largest absolute Gasteiger partial charge is 0.469 e. The molecule has 5 N–H and O–H groups in total. The van der Waals surface area contributed by atoms with Crippen LogP contribution < -0.4 is 0 Å². The molecule has 0 spiro atoms. The molecule has 0 aromatic heterocycles. The maximum Gasteiger partial charge on any atom is 0.469 e. The highest BCUT2D eigenvalue weighted by Gasteiger charge is 2.27. The summed E-state index contributed by atoms with van der Waals surface area (Å²) in [5.41, 5.74) is 0. The van der Waals surface area contributed by atoms with Crippen LogP contribution in [0.4, 0.5) is 0 Å². The van der Waals surface area contributed by atoms with E-state index >= 15 is 0 Å². The number of rotatable bonds is 3. The maximum atomic E-state index is 11.2. The maximum absolute atomic E-state index is 11.2. The average Bonchev–Trinajstić information content (AvgIpc) is 2.24. The number of carbonyl (C=O) groups is 1. The summed E-state index contributed by atoms with van der Waals surface area (Å²) >= 11 is 0. The normalized spacial score (nSPS) is 17.1. The predicted octanol–water partition coefficient (Wildman–Crippen LogP) is -0.656. The zero-order valence-electron chi connectivity index (χ0n) is 10.4. The van der Waals surface area contributed by atoms with Gasteiger partial charge in [-0.2, -0.15) is 0 Å². The molecule has 118 valence electrons. The standard InChI is InChI=1S/C8H14NO5P.H3O4P/c1-2-8(10)9-5-3-7(4-6-9)14-15(11,12)13;1-5(2,3)4/h2,7H,1,3-6H2,(H2,11,12,13);(H3,1,2,3,4). The van der Waals surface area contributed by atoms with Gasteiger partial charge in [-0.05, 0) is 18.9 Å². The first-order valence-corrected chi connectivity index (χ1v) is 8.45. The number of likely N-dealkylation sites (tertiary alicyclic amines) is 1. The van der Waals surface area contributed by atoms with E-state index in [9.17, 15) is 9.36 Å². The van der Waals surface area contributed by atoms with Crippen molar-refractivity contribution in [2.75, 3.05) is 13.1 Å². The van der Waals surface area contributed by atoms with Crippen LogP contribution in [0.3, 0.4) is 0 Å². The third kappa shape index (κ3) is 11.3. The van der Waals surface area contributed by atoms with E-state index in [2.05, 4.69) is 11.1 Å². The van der Waals surface area contributed by atoms with Gasteiger partial charge >= 0.3 is 15.6 Å². The van der Waals surface area contributed by atoms with Crippen LogP contribution in [0.5, 0.6) is 0 Å². The van der Waals surface area contributed by atoms with Crippen molar-refractivity contribution in [1.29, 1.82) is 0 Å². The Labute approximate surface area is 115 Å². The number of nitrogens with zero attached hydrogens (tertiary/aromatic N) is 1. The monoisotopic (exact) mass is 333 g/mol. The number of amides is 1. The van der Waals surface area contributed by atoms with Crippen molar-refractivity contribution in [2.24, 2.45) is 0 Å². The first kappa shape index (κ1) is 19.4. The molecule has 12 heteroatoms. The molecule has 0 radical (unpaired) electrons. The molecule has 1 aliphatic heterocycles. The van der Waals surface area contributed by atoms with Crippen LogP contribution in [0.15, 0.2) is 12.7 Å². The van der Waals surface area contributed by atoms with Crippen molar-refractivity contribution in [3.8, 4) is 0 Å². The topological polar surface area (TPSA) is 165 Å². The number of hydrogen-bond acceptors (Lipinski definition) is 4. The second kappa shape index (κ2) is 8.02. The first-order valence-electron chi connectivity index (χ1n) is 5.36. The summed E-state index contributed by atoms with van der Waals surface area (Å²) in [4.78, 5) is 51.5. The van der Waals surface area contributed by atoms with Crippen LogP contribution >= 0.6 is 15.6 Å². The van der Waals surface area contributed by atoms with E-state index in [1.54, 1.807) is 4.90 Å². The molecule has 1 heterocycles. The molecule has 0 unspecified atom stereocenters. The Hall–Kier alpha value is -0.570. The Morgan fingerprint density at radius 3 is 1.85 bits per heavy atom. The fourth-order valence-electron chi connectivity index (χ4n) is 1.50. The van der Waals surface area contributed by atoms with Gasteiger partial charge in [-0.15, -0.1) is 0 Å². The molecule has 0 atom stereocenters. The smallest absolute Gasteiger partial charge is 0.339 e. The van der Waals surface area contributed by atoms with Crippen LogP contribution in [0.1, 0.15) is 12.8 Å². The summed E-state index contributed by atoms with van der Waals surface area (Å²) < 4.78 is 24.0. The van der Waals surface area contributed by atoms with Gasteiger partial charge in [-0.25, -0.2) is 9.13 Å². The lowest BCUT2D eigenvalue weighted by Gasteiger charge is -2.31. The molecule has 1 fully saturated rings. The lowest BCUT2D eigenvalue weighted by Crippen LogP contribution is -2.39. The second-order valence-electron chi connectivity index (χ2n) is 3.84. The number of carbonyl (C=O) groups excluding carboxylic acids is 1. The third-order valence-corrected chi connectivity index (χ3v) is 2.79. The molecule has 0 aromatic rings. The molecule has 0 saturated carbocycles. The molecule has 0 aliphatic carbocycles. The van der Waals surface area contributed by atoms with Gasteiger partial charge in [0.2, 0.25) is 5.91 Å². The highest BCUT2D eigenvalue weighted by atomic mass is 31.2. The van der Waals surface area contributed by atoms with Gasteiger partial charge in [-0.3, -0.25) is 9.32 Å². The molecule has 10 nitrogen and oxygen atoms in total. The summed E-state index contributed by atoms with van der Waals surface area (Å²) in [6, 6.07) is 0. The third-order valence-electron chi connectivity index (χ3n) is 2.21. The van der Waals surface area contributed by atoms with Crippen molar-refractivity contribution in [3.63, 3.8) is 0 Å². The molecular weight excluding hydrogens is 316 g/mol. The van der Waals surface area contributed by atoms with Crippen LogP contribution in [-0.2, 0) is 18.4 Å². The van der Waals surface area contributed by atoms with Gasteiger partial charge in [0.05, 0.1) is 6.10 Å². The summed E-state index contributed by atoms with van der Waals surface area (Å²) in [5, 5.41) is 0. The van der Waals surface area contributed by atoms with Gasteiger partial charge in [-0.1, -0.05) is 6.58 Å². The molecular formula is C8H17NO9P2. The fraction of sp³-hybridized carbons (Fsp3) is 0.625. The molecule has 1 saturated heterocycles. The average molecular weight is 333 g/mol. The van der Waals surface area contributed by atoms with E-state index in [1.807, 2.05) is 0 Å². The molecule has 1 rings (SSSR count). The van der Waals surface area contributed by atoms with Crippen molar-refractivity contribution in [1.82, 2.24) is 4.90 Å². The Bertz CT molecular complexity index is 411. The Morgan fingerprint density at radius 2 is 1.55 bits per heavy atom. The van der Waals surface area contributed by atoms with Gasteiger partial charge in [0, 0.05) is 13.1 Å². The summed E-state index contributed by atoms with van der Waals surface area (Å²) in [6.45, 7) is 4.25. The molecule has 20 heavy (non-hydrogen) atoms. The van der Waals surface area contributed by atoms with E-state index in [1.165, 1.54) is 6.08 Å². The van der Waals surface area contributed by atoms with E-state index in [0.29, 0.717) is 25.9 Å². The van der Waals surface area contributed by atoms with Crippen molar-refractivity contribution < 1.29 is 42.9 Å². The minimum absolute atomic E-state index is 0.162. The number of hydrogen-bond donors (Lipinski definition) is 5. The van der Waals surface area contributed by atoms with Crippen LogP contribution in [0.25, 0.3) is 0 Å². The highest BCUT2D eigenvalue weighted by Crippen LogP contribution is 2.39. The van der Waals surface area contributed by atoms with E-state index in [-0.39, 0.29) is 5.91 Å². The molecule has 1 amide bonds. The zero-order chi connectivity index (χ0) is 16.0. The highest BCUT2D eigenvalue weighted by molar-refractivity contribution is 7.46. The fourth-order valence-corrected chi connectivity index (χ4v) is 2.10. The van der Waals surface area contributed by atoms with Crippen molar-refractivity contribution in [2.45, 2.75) is 18.9 Å². The molecule has 0 bridgehead atoms. The molecule has 1 aliphatic rings. The van der Waals surface area contributed by atoms with Gasteiger partial charge in [0.1, 0.15) is 0 Å². The SMILES string of the molecule is C=CC(=O)N1CCC(OP(=O)(O)O)CC1.O=P(O)(O)O. The summed E-state index contributed by atoms with van der Waals surface area (Å²) in [6.07, 6.45) is 1.62. The summed E-state index contributed by atoms with van der Waals surface area (Å²) in [7, 11) is -9.05. The van der Waals surface area contributed by atoms with Crippen LogP contribution in [0.2, 0.25) is 0 Å². The van der Waals surface area contributed by atoms with E-state index < -0.39 is 21.7 Å². The number of piperidine rings is 1. The lowest BCUT2D eigenvalue weighted by atomic mass is 10.1. The Balaban J connectivity index is 0.000000621. The minimum atomic E-state index is -4.64. The number of phosphoric acid groups is 2. The second-order valence-corrected chi connectivity index (χ2v) is 6.06. The van der Waals surface area contributed by atoms with E-state index in [0.717, 1.165) is 0 Å². The van der Waals surface area contributed by atoms with Crippen LogP contribution in [-0.4, -0.2) is 54.5 Å². The van der Waals surface area contributed by atoms with Gasteiger partial charge in [0.25, 0.3) is 0 Å². The van der Waals surface area contributed by atoms with Gasteiger partial charge < -0.3 is 29.4 Å². The molecule has 0 aromatic carbocycles.